The number of rotatable bonds is 7. The first-order chi connectivity index (χ1) is 11.6. The molecular weight excluding hydrogens is 300 g/mol. The fraction of sp³-hybridized carbons (Fsp3) is 0.300. The van der Waals surface area contributed by atoms with Gasteiger partial charge in [-0.05, 0) is 73.5 Å². The van der Waals surface area contributed by atoms with Crippen LogP contribution in [0.2, 0.25) is 0 Å². The van der Waals surface area contributed by atoms with E-state index in [1.165, 1.54) is 0 Å². The Morgan fingerprint density at radius 1 is 0.667 bits per heavy atom. The second kappa shape index (κ2) is 8.87. The molecule has 0 fully saturated rings. The maximum Gasteiger partial charge on any atom is 0.118 e. The highest BCUT2D eigenvalue weighted by molar-refractivity contribution is 5.80. The van der Waals surface area contributed by atoms with E-state index in [-0.39, 0.29) is 12.1 Å². The van der Waals surface area contributed by atoms with E-state index in [4.69, 9.17) is 9.47 Å². The van der Waals surface area contributed by atoms with Crippen LogP contribution in [0.4, 0.5) is 0 Å². The molecule has 0 saturated carbocycles. The number of nitrogens with zero attached hydrogens (tertiary/aromatic N) is 2. The van der Waals surface area contributed by atoms with Crippen molar-refractivity contribution in [3.63, 3.8) is 0 Å². The molecule has 2 rings (SSSR count). The molecule has 0 aliphatic rings. The third-order valence-corrected chi connectivity index (χ3v) is 3.85. The standard InChI is InChI=1S/C20H24N2O2/c1-15(21-13-17-5-9-19(23-3)10-6-17)16(2)22-14-18-7-11-20(24-4)12-8-18/h5-16H,1-4H3. The van der Waals surface area contributed by atoms with Crippen LogP contribution in [0.3, 0.4) is 0 Å². The lowest BCUT2D eigenvalue weighted by atomic mass is 10.1. The Bertz CT molecular complexity index is 614. The molecule has 2 unspecified atom stereocenters. The molecule has 0 radical (unpaired) electrons. The van der Waals surface area contributed by atoms with Crippen LogP contribution in [0, 0.1) is 0 Å². The fourth-order valence-electron chi connectivity index (χ4n) is 2.04. The molecule has 4 heteroatoms. The second-order valence-corrected chi connectivity index (χ2v) is 5.58. The van der Waals surface area contributed by atoms with Gasteiger partial charge in [0.2, 0.25) is 0 Å². The van der Waals surface area contributed by atoms with Crippen LogP contribution in [0.1, 0.15) is 25.0 Å². The van der Waals surface area contributed by atoms with Gasteiger partial charge in [0.05, 0.1) is 26.3 Å². The van der Waals surface area contributed by atoms with Crippen molar-refractivity contribution in [2.24, 2.45) is 9.98 Å². The van der Waals surface area contributed by atoms with Crippen molar-refractivity contribution < 1.29 is 9.47 Å². The Kier molecular flexibility index (Phi) is 6.55. The minimum Gasteiger partial charge on any atom is -0.497 e. The number of aliphatic imine (C=N–C) groups is 2. The highest BCUT2D eigenvalue weighted by Crippen LogP contribution is 2.12. The zero-order valence-electron chi connectivity index (χ0n) is 14.6. The lowest BCUT2D eigenvalue weighted by molar-refractivity contribution is 0.414. The molecule has 0 bridgehead atoms. The summed E-state index contributed by atoms with van der Waals surface area (Å²) >= 11 is 0. The topological polar surface area (TPSA) is 43.2 Å². The smallest absolute Gasteiger partial charge is 0.118 e. The largest absolute Gasteiger partial charge is 0.497 e. The van der Waals surface area contributed by atoms with Gasteiger partial charge in [-0.1, -0.05) is 0 Å². The predicted molar refractivity (Wildman–Crippen MR) is 100 cm³/mol. The molecule has 24 heavy (non-hydrogen) atoms. The van der Waals surface area contributed by atoms with Gasteiger partial charge in [-0.2, -0.15) is 0 Å². The summed E-state index contributed by atoms with van der Waals surface area (Å²) in [7, 11) is 3.32. The fourth-order valence-corrected chi connectivity index (χ4v) is 2.04. The molecule has 0 amide bonds. The number of hydrogen-bond acceptors (Lipinski definition) is 4. The van der Waals surface area contributed by atoms with E-state index in [1.807, 2.05) is 61.0 Å². The Morgan fingerprint density at radius 2 is 1.00 bits per heavy atom. The van der Waals surface area contributed by atoms with Gasteiger partial charge < -0.3 is 9.47 Å². The van der Waals surface area contributed by atoms with Crippen molar-refractivity contribution in [2.75, 3.05) is 14.2 Å². The van der Waals surface area contributed by atoms with Crippen molar-refractivity contribution in [3.8, 4) is 11.5 Å². The first-order valence-electron chi connectivity index (χ1n) is 7.97. The van der Waals surface area contributed by atoms with Crippen LogP contribution >= 0.6 is 0 Å². The Labute approximate surface area is 143 Å². The van der Waals surface area contributed by atoms with Crippen LogP contribution in [0.25, 0.3) is 0 Å². The molecule has 0 heterocycles. The summed E-state index contributed by atoms with van der Waals surface area (Å²) in [6.45, 7) is 4.13. The summed E-state index contributed by atoms with van der Waals surface area (Å²) in [5, 5.41) is 0. The lowest BCUT2D eigenvalue weighted by Gasteiger charge is -2.11. The van der Waals surface area contributed by atoms with E-state index < -0.39 is 0 Å². The van der Waals surface area contributed by atoms with E-state index in [0.717, 1.165) is 22.6 Å². The summed E-state index contributed by atoms with van der Waals surface area (Å²) in [5.74, 6) is 1.69. The number of hydrogen-bond donors (Lipinski definition) is 0. The van der Waals surface area contributed by atoms with E-state index in [9.17, 15) is 0 Å². The minimum absolute atomic E-state index is 0.0987. The van der Waals surface area contributed by atoms with Gasteiger partial charge in [0.1, 0.15) is 11.5 Å². The van der Waals surface area contributed by atoms with Gasteiger partial charge >= 0.3 is 0 Å². The van der Waals surface area contributed by atoms with Crippen LogP contribution in [0.15, 0.2) is 58.5 Å². The van der Waals surface area contributed by atoms with Crippen molar-refractivity contribution in [1.82, 2.24) is 0 Å². The minimum atomic E-state index is 0.0987. The first-order valence-corrected chi connectivity index (χ1v) is 7.97. The van der Waals surface area contributed by atoms with Crippen molar-refractivity contribution >= 4 is 12.4 Å². The van der Waals surface area contributed by atoms with E-state index in [1.54, 1.807) is 14.2 Å². The maximum atomic E-state index is 5.15. The number of benzene rings is 2. The zero-order chi connectivity index (χ0) is 17.4. The Hall–Kier alpha value is -2.62. The second-order valence-electron chi connectivity index (χ2n) is 5.58. The van der Waals surface area contributed by atoms with Gasteiger partial charge in [0.15, 0.2) is 0 Å². The summed E-state index contributed by atoms with van der Waals surface area (Å²) < 4.78 is 10.3. The van der Waals surface area contributed by atoms with Crippen LogP contribution < -0.4 is 9.47 Å². The first kappa shape index (κ1) is 17.7. The molecule has 4 nitrogen and oxygen atoms in total. The molecule has 0 aliphatic carbocycles. The zero-order valence-corrected chi connectivity index (χ0v) is 14.6. The van der Waals surface area contributed by atoms with Gasteiger partial charge in [-0.3, -0.25) is 9.98 Å². The number of methoxy groups -OCH3 is 2. The molecular formula is C20H24N2O2. The van der Waals surface area contributed by atoms with E-state index >= 15 is 0 Å². The molecule has 0 spiro atoms. The Morgan fingerprint density at radius 3 is 1.29 bits per heavy atom. The molecule has 126 valence electrons. The molecule has 2 aromatic carbocycles. The monoisotopic (exact) mass is 324 g/mol. The van der Waals surface area contributed by atoms with Crippen LogP contribution in [-0.2, 0) is 0 Å². The average molecular weight is 324 g/mol. The van der Waals surface area contributed by atoms with Crippen LogP contribution in [0.5, 0.6) is 11.5 Å². The lowest BCUT2D eigenvalue weighted by Crippen LogP contribution is -2.15. The average Bonchev–Trinajstić information content (AvgIpc) is 2.64. The van der Waals surface area contributed by atoms with Crippen molar-refractivity contribution in [1.29, 1.82) is 0 Å². The summed E-state index contributed by atoms with van der Waals surface area (Å²) in [5.41, 5.74) is 2.10. The van der Waals surface area contributed by atoms with Gasteiger partial charge in [-0.25, -0.2) is 0 Å². The number of ether oxygens (including phenoxy) is 2. The molecule has 0 aliphatic heterocycles. The van der Waals surface area contributed by atoms with Crippen molar-refractivity contribution in [2.45, 2.75) is 25.9 Å². The molecule has 0 N–H and O–H groups in total. The summed E-state index contributed by atoms with van der Waals surface area (Å²) in [4.78, 5) is 9.18. The third kappa shape index (κ3) is 5.23. The third-order valence-electron chi connectivity index (χ3n) is 3.85. The predicted octanol–water partition coefficient (Wildman–Crippen LogP) is 4.02. The van der Waals surface area contributed by atoms with Crippen LogP contribution in [-0.4, -0.2) is 38.7 Å². The molecule has 0 saturated heterocycles. The molecule has 0 aromatic heterocycles. The highest BCUT2D eigenvalue weighted by Gasteiger charge is 2.07. The van der Waals surface area contributed by atoms with Gasteiger partial charge in [-0.15, -0.1) is 0 Å². The highest BCUT2D eigenvalue weighted by atomic mass is 16.5. The Balaban J connectivity index is 1.93. The SMILES string of the molecule is COc1ccc(C=NC(C)C(C)N=Cc2ccc(OC)cc2)cc1. The molecule has 2 atom stereocenters. The van der Waals surface area contributed by atoms with Gasteiger partial charge in [0.25, 0.3) is 0 Å². The van der Waals surface area contributed by atoms with E-state index in [2.05, 4.69) is 23.8 Å². The van der Waals surface area contributed by atoms with Gasteiger partial charge in [0, 0.05) is 12.4 Å². The van der Waals surface area contributed by atoms with E-state index in [0.29, 0.717) is 0 Å². The maximum absolute atomic E-state index is 5.15. The summed E-state index contributed by atoms with van der Waals surface area (Å²) in [6.07, 6.45) is 3.76. The van der Waals surface area contributed by atoms with Crippen molar-refractivity contribution in [3.05, 3.63) is 59.7 Å². The molecule has 2 aromatic rings. The summed E-state index contributed by atoms with van der Waals surface area (Å²) in [6, 6.07) is 15.9. The normalized spacial score (nSPS) is 14.0. The quantitative estimate of drug-likeness (QED) is 0.722.